The number of benzene rings is 1. The second-order valence-corrected chi connectivity index (χ2v) is 6.11. The first-order valence-corrected chi connectivity index (χ1v) is 7.04. The van der Waals surface area contributed by atoms with Crippen LogP contribution in [-0.4, -0.2) is 34.1 Å². The SMILES string of the molecule is Nc1cc(S(=O)C(F)(F)C(F)(F)C(F)(F)F)cc2c1OCC(=O)N2. The molecule has 1 heterocycles. The van der Waals surface area contributed by atoms with Gasteiger partial charge in [0.25, 0.3) is 5.91 Å². The molecule has 1 aromatic rings. The van der Waals surface area contributed by atoms with E-state index in [1.165, 1.54) is 0 Å². The van der Waals surface area contributed by atoms with Gasteiger partial charge < -0.3 is 15.8 Å². The molecule has 1 atom stereocenters. The van der Waals surface area contributed by atoms with Gasteiger partial charge in [-0.3, -0.25) is 4.79 Å². The lowest BCUT2D eigenvalue weighted by Gasteiger charge is -2.28. The fourth-order valence-corrected chi connectivity index (χ4v) is 2.84. The lowest BCUT2D eigenvalue weighted by Crippen LogP contribution is -2.54. The van der Waals surface area contributed by atoms with Crippen LogP contribution in [0.1, 0.15) is 0 Å². The lowest BCUT2D eigenvalue weighted by molar-refractivity contribution is -0.331. The molecule has 0 spiro atoms. The fraction of sp³-hybridized carbons (Fsp3) is 0.364. The molecular weight excluding hydrogens is 373 g/mol. The highest BCUT2D eigenvalue weighted by molar-refractivity contribution is 7.86. The molecule has 0 aliphatic carbocycles. The van der Waals surface area contributed by atoms with Crippen molar-refractivity contribution in [2.24, 2.45) is 0 Å². The van der Waals surface area contributed by atoms with Gasteiger partial charge in [0.1, 0.15) is 10.8 Å². The minimum absolute atomic E-state index is 0.207. The number of halogens is 7. The number of ether oxygens (including phenoxy) is 1. The van der Waals surface area contributed by atoms with Crippen molar-refractivity contribution in [2.45, 2.75) is 22.2 Å². The van der Waals surface area contributed by atoms with Gasteiger partial charge in [0.05, 0.1) is 11.4 Å². The molecule has 13 heteroatoms. The Kier molecular flexibility index (Phi) is 4.19. The summed E-state index contributed by atoms with van der Waals surface area (Å²) in [6, 6.07) is 1.03. The molecule has 0 saturated heterocycles. The maximum atomic E-state index is 13.5. The average Bonchev–Trinajstić information content (AvgIpc) is 2.44. The maximum absolute atomic E-state index is 13.5. The second-order valence-electron chi connectivity index (χ2n) is 4.58. The Bertz CT molecular complexity index is 720. The Morgan fingerprint density at radius 1 is 1.12 bits per heavy atom. The molecular formula is C11H7F7N2O3S. The highest BCUT2D eigenvalue weighted by Crippen LogP contribution is 2.50. The predicted molar refractivity (Wildman–Crippen MR) is 67.3 cm³/mol. The van der Waals surface area contributed by atoms with Crippen LogP contribution in [0.4, 0.5) is 42.1 Å². The number of fused-ring (bicyclic) bond motifs is 1. The van der Waals surface area contributed by atoms with Crippen molar-refractivity contribution in [3.63, 3.8) is 0 Å². The number of rotatable bonds is 3. The third-order valence-electron chi connectivity index (χ3n) is 2.88. The summed E-state index contributed by atoms with van der Waals surface area (Å²) in [7, 11) is -4.12. The Morgan fingerprint density at radius 3 is 2.25 bits per heavy atom. The van der Waals surface area contributed by atoms with E-state index in [-0.39, 0.29) is 11.4 Å². The number of alkyl halides is 7. The zero-order chi connectivity index (χ0) is 18.5. The summed E-state index contributed by atoms with van der Waals surface area (Å²) >= 11 is 0. The van der Waals surface area contributed by atoms with Crippen LogP contribution in [0.3, 0.4) is 0 Å². The van der Waals surface area contributed by atoms with Crippen LogP contribution in [0, 0.1) is 0 Å². The van der Waals surface area contributed by atoms with Crippen LogP contribution in [0.2, 0.25) is 0 Å². The highest BCUT2D eigenvalue weighted by atomic mass is 32.2. The number of nitrogen functional groups attached to an aromatic ring is 1. The third-order valence-corrected chi connectivity index (χ3v) is 4.27. The summed E-state index contributed by atoms with van der Waals surface area (Å²) in [6.07, 6.45) is -6.62. The zero-order valence-electron chi connectivity index (χ0n) is 11.2. The molecule has 134 valence electrons. The Balaban J connectivity index is 2.49. The van der Waals surface area contributed by atoms with Gasteiger partial charge in [-0.05, 0) is 12.1 Å². The number of hydrogen-bond donors (Lipinski definition) is 2. The van der Waals surface area contributed by atoms with Gasteiger partial charge in [-0.2, -0.15) is 30.7 Å². The molecule has 1 aliphatic rings. The smallest absolute Gasteiger partial charge is 0.461 e. The van der Waals surface area contributed by atoms with Crippen molar-refractivity contribution in [1.29, 1.82) is 0 Å². The topological polar surface area (TPSA) is 81.4 Å². The van der Waals surface area contributed by atoms with E-state index in [0.29, 0.717) is 12.1 Å². The molecule has 0 aromatic heterocycles. The summed E-state index contributed by atoms with van der Waals surface area (Å²) < 4.78 is 106. The van der Waals surface area contributed by atoms with Crippen LogP contribution in [0.15, 0.2) is 17.0 Å². The number of anilines is 2. The Hall–Kier alpha value is -2.05. The monoisotopic (exact) mass is 380 g/mol. The van der Waals surface area contributed by atoms with Gasteiger partial charge in [0.15, 0.2) is 12.4 Å². The largest absolute Gasteiger partial charge is 0.479 e. The van der Waals surface area contributed by atoms with Gasteiger partial charge in [-0.1, -0.05) is 0 Å². The van der Waals surface area contributed by atoms with Crippen LogP contribution in [0.25, 0.3) is 0 Å². The number of nitrogens with one attached hydrogen (secondary N) is 1. The van der Waals surface area contributed by atoms with Gasteiger partial charge in [0, 0.05) is 4.90 Å². The van der Waals surface area contributed by atoms with E-state index in [1.807, 2.05) is 0 Å². The first-order valence-electron chi connectivity index (χ1n) is 5.89. The average molecular weight is 380 g/mol. The second kappa shape index (κ2) is 5.50. The molecule has 1 amide bonds. The zero-order valence-corrected chi connectivity index (χ0v) is 12.0. The molecule has 1 aromatic carbocycles. The minimum Gasteiger partial charge on any atom is -0.479 e. The fourth-order valence-electron chi connectivity index (χ4n) is 1.74. The van der Waals surface area contributed by atoms with E-state index in [4.69, 9.17) is 10.5 Å². The number of carbonyl (C=O) groups is 1. The van der Waals surface area contributed by atoms with Crippen molar-refractivity contribution in [1.82, 2.24) is 0 Å². The molecule has 1 aliphatic heterocycles. The summed E-state index contributed by atoms with van der Waals surface area (Å²) in [5, 5.41) is -3.88. The normalized spacial score (nSPS) is 16.9. The number of hydrogen-bond acceptors (Lipinski definition) is 4. The minimum atomic E-state index is -6.62. The van der Waals surface area contributed by atoms with Gasteiger partial charge >= 0.3 is 17.4 Å². The van der Waals surface area contributed by atoms with E-state index in [9.17, 15) is 39.7 Å². The summed E-state index contributed by atoms with van der Waals surface area (Å²) in [4.78, 5) is 10.0. The predicted octanol–water partition coefficient (Wildman–Crippen LogP) is 2.50. The van der Waals surface area contributed by atoms with Crippen LogP contribution in [-0.2, 0) is 15.6 Å². The van der Waals surface area contributed by atoms with Crippen molar-refractivity contribution in [3.8, 4) is 5.75 Å². The number of carbonyl (C=O) groups excluding carboxylic acids is 1. The van der Waals surface area contributed by atoms with Crippen molar-refractivity contribution >= 4 is 28.1 Å². The summed E-state index contributed by atoms with van der Waals surface area (Å²) in [6.45, 7) is -0.470. The molecule has 5 nitrogen and oxygen atoms in total. The van der Waals surface area contributed by atoms with Crippen LogP contribution >= 0.6 is 0 Å². The summed E-state index contributed by atoms with van der Waals surface area (Å²) in [5.74, 6) is -7.51. The molecule has 0 saturated carbocycles. The molecule has 2 rings (SSSR count). The lowest BCUT2D eigenvalue weighted by atomic mass is 10.2. The van der Waals surface area contributed by atoms with Crippen molar-refractivity contribution in [3.05, 3.63) is 12.1 Å². The first-order chi connectivity index (χ1) is 10.8. The molecule has 0 radical (unpaired) electrons. The van der Waals surface area contributed by atoms with Gasteiger partial charge in [0.2, 0.25) is 0 Å². The van der Waals surface area contributed by atoms with E-state index in [2.05, 4.69) is 5.32 Å². The summed E-state index contributed by atoms with van der Waals surface area (Å²) in [5.41, 5.74) is 4.55. The Labute approximate surface area is 131 Å². The molecule has 0 bridgehead atoms. The third kappa shape index (κ3) is 2.76. The molecule has 24 heavy (non-hydrogen) atoms. The van der Waals surface area contributed by atoms with E-state index in [1.54, 1.807) is 0 Å². The number of nitrogens with two attached hydrogens (primary N) is 1. The quantitative estimate of drug-likeness (QED) is 0.624. The van der Waals surface area contributed by atoms with E-state index >= 15 is 0 Å². The molecule has 1 unspecified atom stereocenters. The highest BCUT2D eigenvalue weighted by Gasteiger charge is 2.76. The number of amides is 1. The van der Waals surface area contributed by atoms with Crippen LogP contribution < -0.4 is 15.8 Å². The first kappa shape index (κ1) is 18.3. The molecule has 0 fully saturated rings. The maximum Gasteiger partial charge on any atom is 0.461 e. The van der Waals surface area contributed by atoms with E-state index < -0.39 is 51.2 Å². The van der Waals surface area contributed by atoms with Crippen molar-refractivity contribution in [2.75, 3.05) is 17.7 Å². The van der Waals surface area contributed by atoms with Crippen LogP contribution in [0.5, 0.6) is 5.75 Å². The van der Waals surface area contributed by atoms with Gasteiger partial charge in [-0.15, -0.1) is 0 Å². The van der Waals surface area contributed by atoms with E-state index in [0.717, 1.165) is 0 Å². The Morgan fingerprint density at radius 2 is 1.71 bits per heavy atom. The van der Waals surface area contributed by atoms with Crippen molar-refractivity contribution < 1.29 is 44.5 Å². The molecule has 3 N–H and O–H groups in total. The van der Waals surface area contributed by atoms with Gasteiger partial charge in [-0.25, -0.2) is 4.21 Å². The standard InChI is InChI=1S/C11H7F7N2O3S/c12-9(13,10(14,15)16)11(17,18)24(22)4-1-5(19)8-6(2-4)20-7(21)3-23-8/h1-2H,3,19H2,(H,20,21).